The van der Waals surface area contributed by atoms with Gasteiger partial charge in [-0.15, -0.1) is 0 Å². The number of fused-ring (bicyclic) bond motifs is 1. The number of nitrogens with zero attached hydrogens (tertiary/aromatic N) is 2. The normalized spacial score (nSPS) is 20.7. The minimum atomic E-state index is -0.408. The fraction of sp³-hybridized carbons (Fsp3) is 0.333. The summed E-state index contributed by atoms with van der Waals surface area (Å²) in [4.78, 5) is 35.3. The number of anilines is 1. The summed E-state index contributed by atoms with van der Waals surface area (Å²) in [6, 6.07) is 11.2. The molecule has 160 valence electrons. The second kappa shape index (κ2) is 9.14. The molecule has 6 nitrogen and oxygen atoms in total. The lowest BCUT2D eigenvalue weighted by atomic mass is 9.69. The molecule has 2 aromatic rings. The monoisotopic (exact) mass is 481 g/mol. The summed E-state index contributed by atoms with van der Waals surface area (Å²) in [5, 5.41) is 2.88. The van der Waals surface area contributed by atoms with Gasteiger partial charge >= 0.3 is 0 Å². The van der Waals surface area contributed by atoms with Crippen LogP contribution in [0.15, 0.2) is 63.3 Å². The molecule has 1 aromatic heterocycles. The predicted molar refractivity (Wildman–Crippen MR) is 123 cm³/mol. The second-order valence-corrected chi connectivity index (χ2v) is 8.61. The summed E-state index contributed by atoms with van der Waals surface area (Å²) in [5.74, 6) is 0.275. The van der Waals surface area contributed by atoms with Gasteiger partial charge in [0.15, 0.2) is 0 Å². The smallest absolute Gasteiger partial charge is 0.255 e. The Balaban J connectivity index is 1.74. The van der Waals surface area contributed by atoms with Crippen LogP contribution in [0.25, 0.3) is 0 Å². The van der Waals surface area contributed by atoms with Crippen molar-refractivity contribution in [1.29, 1.82) is 0 Å². The molecule has 2 heterocycles. The minimum Gasteiger partial charge on any atom is -0.494 e. The molecule has 4 rings (SSSR count). The van der Waals surface area contributed by atoms with Crippen molar-refractivity contribution in [2.24, 2.45) is 10.9 Å². The summed E-state index contributed by atoms with van der Waals surface area (Å²) in [6.07, 6.45) is 3.73. The Bertz CT molecular complexity index is 1060. The van der Waals surface area contributed by atoms with E-state index in [1.807, 2.05) is 44.2 Å². The lowest BCUT2D eigenvalue weighted by Gasteiger charge is -2.36. The molecule has 1 aliphatic heterocycles. The Morgan fingerprint density at radius 3 is 2.61 bits per heavy atom. The van der Waals surface area contributed by atoms with Crippen LogP contribution in [0.2, 0.25) is 0 Å². The second-order valence-electron chi connectivity index (χ2n) is 7.70. The maximum Gasteiger partial charge on any atom is 0.255 e. The van der Waals surface area contributed by atoms with Crippen LogP contribution in [-0.4, -0.2) is 29.0 Å². The number of amides is 1. The molecule has 1 amide bonds. The first-order chi connectivity index (χ1) is 15.0. The zero-order valence-electron chi connectivity index (χ0n) is 17.5. The van der Waals surface area contributed by atoms with Gasteiger partial charge < -0.3 is 10.1 Å². The van der Waals surface area contributed by atoms with Gasteiger partial charge in [0.25, 0.3) is 5.91 Å². The van der Waals surface area contributed by atoms with E-state index in [1.165, 1.54) is 0 Å². The number of rotatable bonds is 5. The molecule has 0 spiro atoms. The van der Waals surface area contributed by atoms with Gasteiger partial charge in [-0.3, -0.25) is 14.6 Å². The Hall–Kier alpha value is -2.80. The SMILES string of the molecule is CCOc1ccc([C@H]2C(C(=O)Nc3ccc(Br)cn3)=C(C)N=C3CCCC(=O)C32)cc1. The van der Waals surface area contributed by atoms with Crippen LogP contribution in [0.5, 0.6) is 5.75 Å². The number of pyridine rings is 1. The van der Waals surface area contributed by atoms with E-state index >= 15 is 0 Å². The average Bonchev–Trinajstić information content (AvgIpc) is 2.75. The molecular formula is C24H24BrN3O3. The average molecular weight is 482 g/mol. The van der Waals surface area contributed by atoms with Gasteiger partial charge in [0, 0.05) is 40.0 Å². The minimum absolute atomic E-state index is 0.142. The summed E-state index contributed by atoms with van der Waals surface area (Å²) in [7, 11) is 0. The number of aliphatic imine (C=N–C) groups is 1. The number of aromatic nitrogens is 1. The first-order valence-corrected chi connectivity index (χ1v) is 11.2. The van der Waals surface area contributed by atoms with Crippen molar-refractivity contribution in [3.8, 4) is 5.75 Å². The number of ether oxygens (including phenoxy) is 1. The molecule has 1 saturated carbocycles. The number of carbonyl (C=O) groups is 2. The summed E-state index contributed by atoms with van der Waals surface area (Å²) in [6.45, 7) is 4.35. The van der Waals surface area contributed by atoms with Crippen LogP contribution >= 0.6 is 15.9 Å². The van der Waals surface area contributed by atoms with Crippen LogP contribution in [0.3, 0.4) is 0 Å². The molecule has 1 N–H and O–H groups in total. The number of Topliss-reactive ketones (excluding diaryl/α,β-unsaturated/α-hetero) is 1. The van der Waals surface area contributed by atoms with E-state index < -0.39 is 5.92 Å². The molecular weight excluding hydrogens is 458 g/mol. The van der Waals surface area contributed by atoms with E-state index in [1.54, 1.807) is 12.3 Å². The quantitative estimate of drug-likeness (QED) is 0.646. The van der Waals surface area contributed by atoms with E-state index in [4.69, 9.17) is 9.73 Å². The third-order valence-corrected chi connectivity index (χ3v) is 6.14. The van der Waals surface area contributed by atoms with Gasteiger partial charge in [0.2, 0.25) is 0 Å². The molecule has 0 bridgehead atoms. The maximum atomic E-state index is 13.4. The molecule has 2 aliphatic rings. The van der Waals surface area contributed by atoms with E-state index in [2.05, 4.69) is 26.2 Å². The first kappa shape index (κ1) is 21.4. The molecule has 1 aliphatic carbocycles. The Morgan fingerprint density at radius 1 is 1.16 bits per heavy atom. The fourth-order valence-electron chi connectivity index (χ4n) is 4.35. The van der Waals surface area contributed by atoms with Gasteiger partial charge in [0.1, 0.15) is 17.4 Å². The predicted octanol–water partition coefficient (Wildman–Crippen LogP) is 5.06. The number of ketones is 1. The Labute approximate surface area is 190 Å². The van der Waals surface area contributed by atoms with E-state index in [0.29, 0.717) is 30.1 Å². The summed E-state index contributed by atoms with van der Waals surface area (Å²) >= 11 is 3.35. The van der Waals surface area contributed by atoms with E-state index in [0.717, 1.165) is 34.3 Å². The van der Waals surface area contributed by atoms with Crippen LogP contribution in [-0.2, 0) is 9.59 Å². The molecule has 1 unspecified atom stereocenters. The first-order valence-electron chi connectivity index (χ1n) is 10.4. The highest BCUT2D eigenvalue weighted by atomic mass is 79.9. The summed E-state index contributed by atoms with van der Waals surface area (Å²) < 4.78 is 6.39. The van der Waals surface area contributed by atoms with Crippen molar-refractivity contribution >= 4 is 39.1 Å². The van der Waals surface area contributed by atoms with Crippen LogP contribution in [0.4, 0.5) is 5.82 Å². The summed E-state index contributed by atoms with van der Waals surface area (Å²) in [5.41, 5.74) is 2.95. The van der Waals surface area contributed by atoms with Gasteiger partial charge in [-0.05, 0) is 72.4 Å². The number of hydrogen-bond donors (Lipinski definition) is 1. The van der Waals surface area contributed by atoms with Crippen LogP contribution in [0, 0.1) is 5.92 Å². The fourth-order valence-corrected chi connectivity index (χ4v) is 4.58. The van der Waals surface area contributed by atoms with Crippen molar-refractivity contribution < 1.29 is 14.3 Å². The van der Waals surface area contributed by atoms with E-state index in [9.17, 15) is 9.59 Å². The van der Waals surface area contributed by atoms with Gasteiger partial charge in [-0.25, -0.2) is 4.98 Å². The van der Waals surface area contributed by atoms with Crippen molar-refractivity contribution in [1.82, 2.24) is 4.98 Å². The van der Waals surface area contributed by atoms with Crippen LogP contribution in [0.1, 0.15) is 44.6 Å². The van der Waals surface area contributed by atoms with E-state index in [-0.39, 0.29) is 17.6 Å². The lowest BCUT2D eigenvalue weighted by Crippen LogP contribution is -2.39. The van der Waals surface area contributed by atoms with Crippen molar-refractivity contribution in [2.75, 3.05) is 11.9 Å². The van der Waals surface area contributed by atoms with Crippen molar-refractivity contribution in [3.63, 3.8) is 0 Å². The number of halogens is 1. The number of hydrogen-bond acceptors (Lipinski definition) is 5. The number of carbonyl (C=O) groups excluding carboxylic acids is 2. The standard InChI is InChI=1S/C24H24BrN3O3/c1-3-31-17-10-7-15(8-11-17)22-21(24(30)28-20-12-9-16(25)13-26-20)14(2)27-18-5-4-6-19(29)23(18)22/h7-13,22-23H,3-6H2,1-2H3,(H,26,28,30)/t22-,23?/m0/s1. The molecule has 1 fully saturated rings. The zero-order valence-corrected chi connectivity index (χ0v) is 19.1. The third kappa shape index (κ3) is 4.46. The molecule has 7 heteroatoms. The van der Waals surface area contributed by atoms with Gasteiger partial charge in [0.05, 0.1) is 12.5 Å². The zero-order chi connectivity index (χ0) is 22.0. The highest BCUT2D eigenvalue weighted by Crippen LogP contribution is 2.43. The van der Waals surface area contributed by atoms with Crippen molar-refractivity contribution in [3.05, 3.63) is 63.9 Å². The van der Waals surface area contributed by atoms with Gasteiger partial charge in [-0.1, -0.05) is 12.1 Å². The number of nitrogens with one attached hydrogen (secondary N) is 1. The Kier molecular flexibility index (Phi) is 6.32. The molecule has 0 radical (unpaired) electrons. The maximum absolute atomic E-state index is 13.4. The van der Waals surface area contributed by atoms with Crippen molar-refractivity contribution in [2.45, 2.75) is 39.0 Å². The highest BCUT2D eigenvalue weighted by Gasteiger charge is 2.43. The lowest BCUT2D eigenvalue weighted by molar-refractivity contribution is -0.122. The third-order valence-electron chi connectivity index (χ3n) is 5.67. The number of benzene rings is 1. The largest absolute Gasteiger partial charge is 0.494 e. The topological polar surface area (TPSA) is 80.7 Å². The molecule has 0 saturated heterocycles. The molecule has 1 aromatic carbocycles. The molecule has 2 atom stereocenters. The molecule has 31 heavy (non-hydrogen) atoms. The van der Waals surface area contributed by atoms with Crippen LogP contribution < -0.4 is 10.1 Å². The Morgan fingerprint density at radius 2 is 1.94 bits per heavy atom. The van der Waals surface area contributed by atoms with Gasteiger partial charge in [-0.2, -0.15) is 0 Å². The number of allylic oxidation sites excluding steroid dienone is 1. The highest BCUT2D eigenvalue weighted by molar-refractivity contribution is 9.10.